The standard InChI is InChI=1S/C13H19N5O3/c1-8(2)18-9-10(16(3)13(20)15-11(9)19)14-12(18)17-4-6-21-7-5-17/h8H,4-7H2,1-3H3,(H,15,19,20). The van der Waals surface area contributed by atoms with E-state index in [1.54, 1.807) is 7.05 Å². The third-order valence-corrected chi connectivity index (χ3v) is 3.74. The highest BCUT2D eigenvalue weighted by atomic mass is 16.5. The number of rotatable bonds is 2. The fourth-order valence-corrected chi connectivity index (χ4v) is 2.67. The average molecular weight is 293 g/mol. The van der Waals surface area contributed by atoms with Crippen LogP contribution in [0.4, 0.5) is 5.95 Å². The van der Waals surface area contributed by atoms with Crippen LogP contribution in [0.3, 0.4) is 0 Å². The van der Waals surface area contributed by atoms with Crippen LogP contribution in [0.25, 0.3) is 11.2 Å². The third-order valence-electron chi connectivity index (χ3n) is 3.74. The summed E-state index contributed by atoms with van der Waals surface area (Å²) in [5, 5.41) is 0. The molecule has 0 saturated carbocycles. The summed E-state index contributed by atoms with van der Waals surface area (Å²) in [5.74, 6) is 0.718. The van der Waals surface area contributed by atoms with Crippen LogP contribution in [0.15, 0.2) is 9.59 Å². The molecule has 21 heavy (non-hydrogen) atoms. The minimum absolute atomic E-state index is 0.0615. The summed E-state index contributed by atoms with van der Waals surface area (Å²) in [5.41, 5.74) is 0.00998. The number of morpholine rings is 1. The summed E-state index contributed by atoms with van der Waals surface area (Å²) in [4.78, 5) is 32.9. The number of ether oxygens (including phenoxy) is 1. The Labute approximate surface area is 121 Å². The number of anilines is 1. The predicted molar refractivity (Wildman–Crippen MR) is 79.0 cm³/mol. The number of nitrogens with one attached hydrogen (secondary N) is 1. The molecule has 8 nitrogen and oxygen atoms in total. The van der Waals surface area contributed by atoms with Crippen LogP contribution in [-0.2, 0) is 11.8 Å². The lowest BCUT2D eigenvalue weighted by molar-refractivity contribution is 0.121. The van der Waals surface area contributed by atoms with Gasteiger partial charge < -0.3 is 14.2 Å². The average Bonchev–Trinajstić information content (AvgIpc) is 2.87. The number of hydrogen-bond acceptors (Lipinski definition) is 5. The number of fused-ring (bicyclic) bond motifs is 1. The van der Waals surface area contributed by atoms with Gasteiger partial charge in [-0.1, -0.05) is 0 Å². The zero-order valence-electron chi connectivity index (χ0n) is 12.4. The van der Waals surface area contributed by atoms with Crippen LogP contribution in [0.1, 0.15) is 19.9 Å². The number of aromatic amines is 1. The van der Waals surface area contributed by atoms with Crippen LogP contribution in [0.5, 0.6) is 0 Å². The van der Waals surface area contributed by atoms with E-state index in [0.29, 0.717) is 24.4 Å². The lowest BCUT2D eigenvalue weighted by Crippen LogP contribution is -2.38. The molecule has 1 fully saturated rings. The molecule has 8 heteroatoms. The first-order valence-corrected chi connectivity index (χ1v) is 7.04. The number of imidazole rings is 1. The number of hydrogen-bond donors (Lipinski definition) is 1. The Bertz CT molecular complexity index is 779. The second-order valence-corrected chi connectivity index (χ2v) is 5.47. The summed E-state index contributed by atoms with van der Waals surface area (Å²) in [6, 6.07) is 0.0615. The first-order chi connectivity index (χ1) is 10.0. The monoisotopic (exact) mass is 293 g/mol. The summed E-state index contributed by atoms with van der Waals surface area (Å²) in [7, 11) is 1.61. The minimum atomic E-state index is -0.450. The topological polar surface area (TPSA) is 85.2 Å². The number of aryl methyl sites for hydroxylation is 1. The summed E-state index contributed by atoms with van der Waals surface area (Å²) >= 11 is 0. The minimum Gasteiger partial charge on any atom is -0.378 e. The first kappa shape index (κ1) is 13.9. The molecule has 1 aliphatic heterocycles. The molecule has 0 aromatic carbocycles. The highest BCUT2D eigenvalue weighted by molar-refractivity contribution is 5.74. The van der Waals surface area contributed by atoms with Gasteiger partial charge in [-0.25, -0.2) is 4.79 Å². The van der Waals surface area contributed by atoms with Gasteiger partial charge in [0.25, 0.3) is 5.56 Å². The van der Waals surface area contributed by atoms with Crippen LogP contribution in [-0.4, -0.2) is 45.4 Å². The number of H-pyrrole nitrogens is 1. The Hall–Kier alpha value is -2.09. The van der Waals surface area contributed by atoms with Crippen LogP contribution < -0.4 is 16.1 Å². The van der Waals surface area contributed by atoms with E-state index >= 15 is 0 Å². The van der Waals surface area contributed by atoms with Crippen LogP contribution in [0.2, 0.25) is 0 Å². The maximum absolute atomic E-state index is 12.2. The largest absolute Gasteiger partial charge is 0.378 e. The van der Waals surface area contributed by atoms with Gasteiger partial charge in [-0.3, -0.25) is 14.3 Å². The van der Waals surface area contributed by atoms with Gasteiger partial charge >= 0.3 is 5.69 Å². The first-order valence-electron chi connectivity index (χ1n) is 7.04. The SMILES string of the molecule is CC(C)n1c(N2CCOCC2)nc2c1c(=O)[nH]c(=O)n2C. The molecule has 0 aliphatic carbocycles. The van der Waals surface area contributed by atoms with Crippen molar-refractivity contribution in [2.24, 2.45) is 7.05 Å². The Balaban J connectivity index is 2.31. The van der Waals surface area contributed by atoms with Crippen molar-refractivity contribution in [3.63, 3.8) is 0 Å². The van der Waals surface area contributed by atoms with Crippen molar-refractivity contribution in [1.29, 1.82) is 0 Å². The van der Waals surface area contributed by atoms with Crippen molar-refractivity contribution < 1.29 is 4.74 Å². The molecule has 1 saturated heterocycles. The predicted octanol–water partition coefficient (Wildman–Crippen LogP) is -0.159. The van der Waals surface area contributed by atoms with Crippen molar-refractivity contribution in [3.05, 3.63) is 20.8 Å². The molecule has 0 spiro atoms. The Kier molecular flexibility index (Phi) is 3.32. The second-order valence-electron chi connectivity index (χ2n) is 5.47. The molecule has 0 unspecified atom stereocenters. The summed E-state index contributed by atoms with van der Waals surface area (Å²) < 4.78 is 8.62. The quantitative estimate of drug-likeness (QED) is 0.831. The van der Waals surface area contributed by atoms with Gasteiger partial charge in [0.2, 0.25) is 5.95 Å². The van der Waals surface area contributed by atoms with E-state index in [1.807, 2.05) is 18.4 Å². The normalized spacial score (nSPS) is 16.1. The van der Waals surface area contributed by atoms with Crippen molar-refractivity contribution in [2.75, 3.05) is 31.2 Å². The fourth-order valence-electron chi connectivity index (χ4n) is 2.67. The molecular formula is C13H19N5O3. The molecule has 1 aliphatic rings. The lowest BCUT2D eigenvalue weighted by atomic mass is 10.3. The second kappa shape index (κ2) is 5.03. The van der Waals surface area contributed by atoms with Gasteiger partial charge in [0, 0.05) is 26.2 Å². The maximum Gasteiger partial charge on any atom is 0.329 e. The van der Waals surface area contributed by atoms with Gasteiger partial charge in [-0.05, 0) is 13.8 Å². The van der Waals surface area contributed by atoms with Crippen LogP contribution in [0, 0.1) is 0 Å². The van der Waals surface area contributed by atoms with E-state index in [1.165, 1.54) is 4.57 Å². The molecule has 3 heterocycles. The summed E-state index contributed by atoms with van der Waals surface area (Å²) in [6.07, 6.45) is 0. The molecular weight excluding hydrogens is 274 g/mol. The molecule has 1 N–H and O–H groups in total. The van der Waals surface area contributed by atoms with Gasteiger partial charge in [0.15, 0.2) is 11.2 Å². The lowest BCUT2D eigenvalue weighted by Gasteiger charge is -2.29. The smallest absolute Gasteiger partial charge is 0.329 e. The van der Waals surface area contributed by atoms with E-state index in [9.17, 15) is 9.59 Å². The highest BCUT2D eigenvalue weighted by Crippen LogP contribution is 2.24. The van der Waals surface area contributed by atoms with Crippen molar-refractivity contribution in [2.45, 2.75) is 19.9 Å². The zero-order valence-corrected chi connectivity index (χ0v) is 12.4. The molecule has 0 atom stereocenters. The fraction of sp³-hybridized carbons (Fsp3) is 0.615. The number of aromatic nitrogens is 4. The zero-order chi connectivity index (χ0) is 15.1. The molecule has 0 radical (unpaired) electrons. The van der Waals surface area contributed by atoms with Gasteiger partial charge in [-0.2, -0.15) is 4.98 Å². The van der Waals surface area contributed by atoms with E-state index in [0.717, 1.165) is 19.0 Å². The van der Waals surface area contributed by atoms with E-state index in [-0.39, 0.29) is 6.04 Å². The van der Waals surface area contributed by atoms with E-state index in [4.69, 9.17) is 4.74 Å². The number of nitrogens with zero attached hydrogens (tertiary/aromatic N) is 4. The van der Waals surface area contributed by atoms with Gasteiger partial charge in [0.05, 0.1) is 13.2 Å². The van der Waals surface area contributed by atoms with E-state index in [2.05, 4.69) is 14.9 Å². The molecule has 0 bridgehead atoms. The Morgan fingerprint density at radius 3 is 2.52 bits per heavy atom. The van der Waals surface area contributed by atoms with Gasteiger partial charge in [-0.15, -0.1) is 0 Å². The third kappa shape index (κ3) is 2.15. The molecule has 0 amide bonds. The highest BCUT2D eigenvalue weighted by Gasteiger charge is 2.24. The molecule has 2 aromatic rings. The van der Waals surface area contributed by atoms with Crippen molar-refractivity contribution >= 4 is 17.1 Å². The maximum atomic E-state index is 12.2. The van der Waals surface area contributed by atoms with Crippen LogP contribution >= 0.6 is 0 Å². The summed E-state index contributed by atoms with van der Waals surface area (Å²) in [6.45, 7) is 6.71. The van der Waals surface area contributed by atoms with E-state index < -0.39 is 11.2 Å². The molecule has 3 rings (SSSR count). The van der Waals surface area contributed by atoms with Gasteiger partial charge in [0.1, 0.15) is 0 Å². The van der Waals surface area contributed by atoms with Crippen molar-refractivity contribution in [1.82, 2.24) is 19.1 Å². The van der Waals surface area contributed by atoms with Crippen molar-refractivity contribution in [3.8, 4) is 0 Å². The molecule has 114 valence electrons. The molecule has 2 aromatic heterocycles. The Morgan fingerprint density at radius 2 is 1.90 bits per heavy atom. The Morgan fingerprint density at radius 1 is 1.24 bits per heavy atom.